The number of aryl methyl sites for hydroxylation is 1. The molecule has 0 bridgehead atoms. The van der Waals surface area contributed by atoms with Crippen molar-refractivity contribution in [3.63, 3.8) is 0 Å². The van der Waals surface area contributed by atoms with Crippen molar-refractivity contribution in [2.45, 2.75) is 44.9 Å². The lowest BCUT2D eigenvalue weighted by Crippen LogP contribution is -2.41. The number of hydrogen-bond donors (Lipinski definition) is 2. The molecule has 0 saturated heterocycles. The smallest absolute Gasteiger partial charge is 0.230 e. The number of aromatic nitrogens is 3. The summed E-state index contributed by atoms with van der Waals surface area (Å²) in [5, 5.41) is 14.4. The van der Waals surface area contributed by atoms with E-state index in [1.807, 2.05) is 44.5 Å². The first kappa shape index (κ1) is 19.2. The highest BCUT2D eigenvalue weighted by Crippen LogP contribution is 2.20. The van der Waals surface area contributed by atoms with Crippen LogP contribution in [0.4, 0.5) is 0 Å². The Labute approximate surface area is 163 Å². The van der Waals surface area contributed by atoms with Crippen molar-refractivity contribution < 1.29 is 4.79 Å². The summed E-state index contributed by atoms with van der Waals surface area (Å²) >= 11 is 1.37. The Morgan fingerprint density at radius 3 is 2.63 bits per heavy atom. The highest BCUT2D eigenvalue weighted by atomic mass is 32.2. The van der Waals surface area contributed by atoms with E-state index in [0.29, 0.717) is 17.5 Å². The standard InChI is InChI=1S/C20H25N5OS/c1-14-23-24-19(27-13-18(26)22-20(2,3)4)25(14)21-12-16-10-7-9-15-8-5-6-11-17(15)16/h5-11,21H,12-13H2,1-4H3,(H,22,26). The van der Waals surface area contributed by atoms with Crippen LogP contribution in [0.2, 0.25) is 0 Å². The number of carbonyl (C=O) groups is 1. The molecule has 1 heterocycles. The maximum atomic E-state index is 12.1. The Kier molecular flexibility index (Phi) is 5.70. The number of nitrogens with one attached hydrogen (secondary N) is 2. The number of hydrogen-bond acceptors (Lipinski definition) is 5. The average molecular weight is 384 g/mol. The van der Waals surface area contributed by atoms with Crippen LogP contribution in [0.1, 0.15) is 32.2 Å². The molecule has 1 amide bonds. The van der Waals surface area contributed by atoms with Gasteiger partial charge in [-0.3, -0.25) is 4.79 Å². The van der Waals surface area contributed by atoms with E-state index in [1.54, 1.807) is 0 Å². The Morgan fingerprint density at radius 2 is 1.85 bits per heavy atom. The van der Waals surface area contributed by atoms with E-state index in [-0.39, 0.29) is 11.4 Å². The van der Waals surface area contributed by atoms with Gasteiger partial charge in [0.1, 0.15) is 5.82 Å². The van der Waals surface area contributed by atoms with E-state index in [1.165, 1.54) is 28.1 Å². The molecule has 3 aromatic rings. The molecule has 3 rings (SSSR count). The Morgan fingerprint density at radius 1 is 1.11 bits per heavy atom. The average Bonchev–Trinajstić information content (AvgIpc) is 2.96. The number of amides is 1. The first-order valence-electron chi connectivity index (χ1n) is 8.90. The minimum absolute atomic E-state index is 0.0197. The van der Waals surface area contributed by atoms with Gasteiger partial charge in [0.05, 0.1) is 12.3 Å². The summed E-state index contributed by atoms with van der Waals surface area (Å²) in [5.74, 6) is 1.04. The first-order valence-corrected chi connectivity index (χ1v) is 9.88. The molecule has 0 aliphatic heterocycles. The van der Waals surface area contributed by atoms with Crippen LogP contribution in [0.5, 0.6) is 0 Å². The van der Waals surface area contributed by atoms with Gasteiger partial charge in [0.15, 0.2) is 0 Å². The molecule has 0 aliphatic carbocycles. The monoisotopic (exact) mass is 383 g/mol. The molecular formula is C20H25N5OS. The summed E-state index contributed by atoms with van der Waals surface area (Å²) in [6.45, 7) is 8.43. The van der Waals surface area contributed by atoms with Crippen LogP contribution in [0.3, 0.4) is 0 Å². The number of fused-ring (bicyclic) bond motifs is 1. The zero-order valence-electron chi connectivity index (χ0n) is 16.1. The molecule has 0 atom stereocenters. The van der Waals surface area contributed by atoms with Gasteiger partial charge in [-0.2, -0.15) is 0 Å². The molecule has 7 heteroatoms. The number of nitrogens with zero attached hydrogens (tertiary/aromatic N) is 3. The van der Waals surface area contributed by atoms with Gasteiger partial charge in [-0.15, -0.1) is 10.2 Å². The van der Waals surface area contributed by atoms with Crippen molar-refractivity contribution >= 4 is 28.4 Å². The SMILES string of the molecule is Cc1nnc(SCC(=O)NC(C)(C)C)n1NCc1cccc2ccccc12. The minimum atomic E-state index is -0.242. The molecule has 27 heavy (non-hydrogen) atoms. The molecule has 0 fully saturated rings. The summed E-state index contributed by atoms with van der Waals surface area (Å²) in [6.07, 6.45) is 0. The lowest BCUT2D eigenvalue weighted by atomic mass is 10.1. The molecule has 0 spiro atoms. The predicted molar refractivity (Wildman–Crippen MR) is 110 cm³/mol. The van der Waals surface area contributed by atoms with E-state index in [9.17, 15) is 4.79 Å². The van der Waals surface area contributed by atoms with Crippen LogP contribution in [0.25, 0.3) is 10.8 Å². The van der Waals surface area contributed by atoms with E-state index >= 15 is 0 Å². The molecule has 2 aromatic carbocycles. The molecule has 1 aromatic heterocycles. The highest BCUT2D eigenvalue weighted by Gasteiger charge is 2.16. The fourth-order valence-corrected chi connectivity index (χ4v) is 3.57. The second-order valence-electron chi connectivity index (χ2n) is 7.43. The first-order chi connectivity index (χ1) is 12.8. The number of thioether (sulfide) groups is 1. The molecular weight excluding hydrogens is 358 g/mol. The normalized spacial score (nSPS) is 11.6. The van der Waals surface area contributed by atoms with Crippen molar-refractivity contribution in [1.82, 2.24) is 20.2 Å². The number of benzene rings is 2. The third-order valence-corrected chi connectivity index (χ3v) is 4.88. The van der Waals surface area contributed by atoms with E-state index in [4.69, 9.17) is 0 Å². The highest BCUT2D eigenvalue weighted by molar-refractivity contribution is 7.99. The van der Waals surface area contributed by atoms with Crippen LogP contribution in [-0.2, 0) is 11.3 Å². The summed E-state index contributed by atoms with van der Waals surface area (Å²) in [7, 11) is 0. The van der Waals surface area contributed by atoms with Gasteiger partial charge >= 0.3 is 0 Å². The van der Waals surface area contributed by atoms with Crippen molar-refractivity contribution in [2.24, 2.45) is 0 Å². The third kappa shape index (κ3) is 5.01. The fourth-order valence-electron chi connectivity index (χ4n) is 2.81. The number of carbonyl (C=O) groups excluding carboxylic acids is 1. The van der Waals surface area contributed by atoms with E-state index in [2.05, 4.69) is 51.3 Å². The van der Waals surface area contributed by atoms with Crippen LogP contribution < -0.4 is 10.7 Å². The lowest BCUT2D eigenvalue weighted by molar-refractivity contribution is -0.119. The lowest BCUT2D eigenvalue weighted by Gasteiger charge is -2.20. The van der Waals surface area contributed by atoms with Crippen molar-refractivity contribution in [2.75, 3.05) is 11.2 Å². The Balaban J connectivity index is 1.69. The largest absolute Gasteiger partial charge is 0.351 e. The fraction of sp³-hybridized carbons (Fsp3) is 0.350. The van der Waals surface area contributed by atoms with Gasteiger partial charge in [0.25, 0.3) is 0 Å². The zero-order chi connectivity index (χ0) is 19.4. The van der Waals surface area contributed by atoms with Crippen LogP contribution in [0.15, 0.2) is 47.6 Å². The molecule has 0 aliphatic rings. The molecule has 2 N–H and O–H groups in total. The summed E-state index contributed by atoms with van der Waals surface area (Å²) in [4.78, 5) is 12.1. The van der Waals surface area contributed by atoms with Crippen LogP contribution in [0, 0.1) is 6.92 Å². The maximum absolute atomic E-state index is 12.1. The van der Waals surface area contributed by atoms with Crippen LogP contribution >= 0.6 is 11.8 Å². The second-order valence-corrected chi connectivity index (χ2v) is 8.37. The minimum Gasteiger partial charge on any atom is -0.351 e. The molecule has 0 unspecified atom stereocenters. The maximum Gasteiger partial charge on any atom is 0.230 e. The Hall–Kier alpha value is -2.54. The van der Waals surface area contributed by atoms with Crippen molar-refractivity contribution in [1.29, 1.82) is 0 Å². The van der Waals surface area contributed by atoms with Crippen molar-refractivity contribution in [3.05, 3.63) is 53.9 Å². The zero-order valence-corrected chi connectivity index (χ0v) is 16.9. The van der Waals surface area contributed by atoms with Gasteiger partial charge in [0, 0.05) is 5.54 Å². The molecule has 142 valence electrons. The van der Waals surface area contributed by atoms with Crippen molar-refractivity contribution in [3.8, 4) is 0 Å². The summed E-state index contributed by atoms with van der Waals surface area (Å²) < 4.78 is 1.84. The molecule has 0 saturated carbocycles. The summed E-state index contributed by atoms with van der Waals surface area (Å²) in [6, 6.07) is 14.6. The second kappa shape index (κ2) is 8.00. The van der Waals surface area contributed by atoms with Gasteiger partial charge in [-0.05, 0) is 44.0 Å². The van der Waals surface area contributed by atoms with Gasteiger partial charge in [-0.25, -0.2) is 4.68 Å². The van der Waals surface area contributed by atoms with Gasteiger partial charge < -0.3 is 10.7 Å². The van der Waals surface area contributed by atoms with E-state index < -0.39 is 0 Å². The third-order valence-electron chi connectivity index (χ3n) is 3.95. The predicted octanol–water partition coefficient (Wildman–Crippen LogP) is 3.49. The number of rotatable bonds is 6. The van der Waals surface area contributed by atoms with E-state index in [0.717, 1.165) is 5.82 Å². The van der Waals surface area contributed by atoms with Gasteiger partial charge in [-0.1, -0.05) is 54.2 Å². The quantitative estimate of drug-likeness (QED) is 0.638. The topological polar surface area (TPSA) is 71.8 Å². The van der Waals surface area contributed by atoms with Crippen LogP contribution in [-0.4, -0.2) is 32.1 Å². The molecule has 0 radical (unpaired) electrons. The Bertz CT molecular complexity index is 940. The molecule has 6 nitrogen and oxygen atoms in total. The summed E-state index contributed by atoms with van der Waals surface area (Å²) in [5.41, 5.74) is 4.34. The van der Waals surface area contributed by atoms with Gasteiger partial charge in [0.2, 0.25) is 11.1 Å².